The van der Waals surface area contributed by atoms with Crippen molar-refractivity contribution < 1.29 is 4.79 Å². The first-order chi connectivity index (χ1) is 14.1. The van der Waals surface area contributed by atoms with E-state index in [0.717, 1.165) is 19.6 Å². The summed E-state index contributed by atoms with van der Waals surface area (Å²) in [4.78, 5) is 29.5. The number of rotatable bonds is 4. The highest BCUT2D eigenvalue weighted by molar-refractivity contribution is 6.04. The molecule has 0 atom stereocenters. The molecular weight excluding hydrogens is 364 g/mol. The Bertz CT molecular complexity index is 1100. The van der Waals surface area contributed by atoms with Gasteiger partial charge in [-0.25, -0.2) is 4.68 Å². The summed E-state index contributed by atoms with van der Waals surface area (Å²) in [6.07, 6.45) is 4.28. The van der Waals surface area contributed by atoms with Gasteiger partial charge in [0.15, 0.2) is 5.69 Å². The Morgan fingerprint density at radius 2 is 1.62 bits per heavy atom. The molecule has 29 heavy (non-hydrogen) atoms. The predicted octanol–water partition coefficient (Wildman–Crippen LogP) is 2.40. The van der Waals surface area contributed by atoms with E-state index in [2.05, 4.69) is 34.3 Å². The molecule has 0 saturated carbocycles. The number of hydrogen-bond acceptors (Lipinski definition) is 4. The fourth-order valence-electron chi connectivity index (χ4n) is 3.64. The van der Waals surface area contributed by atoms with Crippen LogP contribution >= 0.6 is 0 Å². The van der Waals surface area contributed by atoms with E-state index in [1.807, 2.05) is 29.2 Å². The Kier molecular flexibility index (Phi) is 5.53. The number of aryl methyl sites for hydroxylation is 1. The van der Waals surface area contributed by atoms with E-state index in [-0.39, 0.29) is 11.5 Å². The maximum absolute atomic E-state index is 13.1. The van der Waals surface area contributed by atoms with Gasteiger partial charge in [-0.2, -0.15) is 5.10 Å². The monoisotopic (exact) mass is 388 g/mol. The van der Waals surface area contributed by atoms with Crippen LogP contribution in [0, 0.1) is 0 Å². The van der Waals surface area contributed by atoms with Crippen molar-refractivity contribution in [2.75, 3.05) is 32.7 Å². The molecule has 1 aromatic heterocycles. The fraction of sp³-hybridized carbons (Fsp3) is 0.261. The van der Waals surface area contributed by atoms with Gasteiger partial charge in [0.1, 0.15) is 0 Å². The molecule has 2 heterocycles. The second-order valence-corrected chi connectivity index (χ2v) is 7.23. The van der Waals surface area contributed by atoms with E-state index in [0.29, 0.717) is 29.6 Å². The maximum Gasteiger partial charge on any atom is 0.275 e. The summed E-state index contributed by atoms with van der Waals surface area (Å²) in [5, 5.41) is 5.41. The van der Waals surface area contributed by atoms with Gasteiger partial charge in [0.25, 0.3) is 11.5 Å². The van der Waals surface area contributed by atoms with Crippen LogP contribution in [0.4, 0.5) is 0 Å². The van der Waals surface area contributed by atoms with E-state index < -0.39 is 0 Å². The number of fused-ring (bicyclic) bond motifs is 1. The summed E-state index contributed by atoms with van der Waals surface area (Å²) in [5.41, 5.74) is 1.35. The first kappa shape index (κ1) is 19.1. The second kappa shape index (κ2) is 8.41. The van der Waals surface area contributed by atoms with Gasteiger partial charge >= 0.3 is 0 Å². The molecule has 1 aliphatic heterocycles. The van der Waals surface area contributed by atoms with Gasteiger partial charge in [-0.3, -0.25) is 14.5 Å². The first-order valence-electron chi connectivity index (χ1n) is 9.83. The van der Waals surface area contributed by atoms with E-state index in [1.165, 1.54) is 10.2 Å². The number of piperazine rings is 1. The molecule has 1 amide bonds. The summed E-state index contributed by atoms with van der Waals surface area (Å²) in [5.74, 6) is -0.115. The Morgan fingerprint density at radius 1 is 0.966 bits per heavy atom. The van der Waals surface area contributed by atoms with Gasteiger partial charge < -0.3 is 4.90 Å². The van der Waals surface area contributed by atoms with Crippen LogP contribution < -0.4 is 5.56 Å². The molecule has 6 nitrogen and oxygen atoms in total. The second-order valence-electron chi connectivity index (χ2n) is 7.23. The lowest BCUT2D eigenvalue weighted by Gasteiger charge is -2.34. The van der Waals surface area contributed by atoms with E-state index in [4.69, 9.17) is 0 Å². The Morgan fingerprint density at radius 3 is 2.34 bits per heavy atom. The van der Waals surface area contributed by atoms with Gasteiger partial charge in [-0.1, -0.05) is 60.7 Å². The lowest BCUT2D eigenvalue weighted by molar-refractivity contribution is 0.0644. The molecule has 2 aromatic carbocycles. The number of carbonyl (C=O) groups is 1. The summed E-state index contributed by atoms with van der Waals surface area (Å²) >= 11 is 0. The molecule has 4 rings (SSSR count). The number of carbonyl (C=O) groups excluding carboxylic acids is 1. The topological polar surface area (TPSA) is 58.4 Å². The van der Waals surface area contributed by atoms with Crippen molar-refractivity contribution in [2.24, 2.45) is 7.05 Å². The Hall–Kier alpha value is -3.25. The van der Waals surface area contributed by atoms with Crippen LogP contribution in [-0.2, 0) is 7.05 Å². The highest BCUT2D eigenvalue weighted by Crippen LogP contribution is 2.16. The number of aromatic nitrogens is 2. The van der Waals surface area contributed by atoms with Crippen molar-refractivity contribution in [1.82, 2.24) is 19.6 Å². The van der Waals surface area contributed by atoms with Crippen molar-refractivity contribution >= 4 is 22.8 Å². The molecule has 0 unspecified atom stereocenters. The summed E-state index contributed by atoms with van der Waals surface area (Å²) in [7, 11) is 1.59. The smallest absolute Gasteiger partial charge is 0.275 e. The van der Waals surface area contributed by atoms with Crippen LogP contribution in [0.2, 0.25) is 0 Å². The predicted molar refractivity (Wildman–Crippen MR) is 115 cm³/mol. The normalized spacial score (nSPS) is 15.3. The maximum atomic E-state index is 13.1. The molecular formula is C23H24N4O2. The molecule has 6 heteroatoms. The zero-order valence-electron chi connectivity index (χ0n) is 16.5. The first-order valence-corrected chi connectivity index (χ1v) is 9.83. The Balaban J connectivity index is 1.42. The van der Waals surface area contributed by atoms with E-state index in [1.54, 1.807) is 25.2 Å². The number of nitrogens with zero attached hydrogens (tertiary/aromatic N) is 4. The molecule has 0 aliphatic carbocycles. The van der Waals surface area contributed by atoms with Crippen molar-refractivity contribution in [3.05, 3.63) is 82.3 Å². The van der Waals surface area contributed by atoms with Crippen LogP contribution in [0.1, 0.15) is 16.1 Å². The fourth-order valence-corrected chi connectivity index (χ4v) is 3.64. The molecule has 0 radical (unpaired) electrons. The molecule has 0 spiro atoms. The third kappa shape index (κ3) is 4.12. The Labute approximate surface area is 169 Å². The molecule has 1 aliphatic rings. The highest BCUT2D eigenvalue weighted by atomic mass is 16.2. The molecule has 0 bridgehead atoms. The van der Waals surface area contributed by atoms with Crippen LogP contribution in [0.3, 0.4) is 0 Å². The molecule has 1 fully saturated rings. The van der Waals surface area contributed by atoms with Gasteiger partial charge in [0.05, 0.1) is 5.39 Å². The number of benzene rings is 2. The van der Waals surface area contributed by atoms with Crippen molar-refractivity contribution in [3.63, 3.8) is 0 Å². The lowest BCUT2D eigenvalue weighted by Crippen LogP contribution is -2.49. The third-order valence-corrected chi connectivity index (χ3v) is 5.29. The highest BCUT2D eigenvalue weighted by Gasteiger charge is 2.25. The van der Waals surface area contributed by atoms with E-state index in [9.17, 15) is 9.59 Å². The lowest BCUT2D eigenvalue weighted by atomic mass is 10.1. The van der Waals surface area contributed by atoms with Crippen LogP contribution in [0.25, 0.3) is 16.8 Å². The average molecular weight is 388 g/mol. The SMILES string of the molecule is Cn1nc(C(=O)N2CCN(C/C=C/c3ccccc3)CC2)c2ccccc2c1=O. The van der Waals surface area contributed by atoms with Gasteiger partial charge in [-0.05, 0) is 11.6 Å². The average Bonchev–Trinajstić information content (AvgIpc) is 2.77. The van der Waals surface area contributed by atoms with Crippen molar-refractivity contribution in [1.29, 1.82) is 0 Å². The van der Waals surface area contributed by atoms with Gasteiger partial charge in [0, 0.05) is 45.2 Å². The van der Waals surface area contributed by atoms with Gasteiger partial charge in [-0.15, -0.1) is 0 Å². The zero-order valence-corrected chi connectivity index (χ0v) is 16.5. The quantitative estimate of drug-likeness (QED) is 0.689. The number of hydrogen-bond donors (Lipinski definition) is 0. The van der Waals surface area contributed by atoms with Crippen LogP contribution in [0.5, 0.6) is 0 Å². The minimum atomic E-state index is -0.188. The van der Waals surface area contributed by atoms with E-state index >= 15 is 0 Å². The minimum absolute atomic E-state index is 0.115. The third-order valence-electron chi connectivity index (χ3n) is 5.29. The largest absolute Gasteiger partial charge is 0.335 e. The van der Waals surface area contributed by atoms with Crippen molar-refractivity contribution in [3.8, 4) is 0 Å². The summed E-state index contributed by atoms with van der Waals surface area (Å²) in [6, 6.07) is 17.4. The molecule has 0 N–H and O–H groups in total. The van der Waals surface area contributed by atoms with Crippen molar-refractivity contribution in [2.45, 2.75) is 0 Å². The van der Waals surface area contributed by atoms with Gasteiger partial charge in [0.2, 0.25) is 0 Å². The number of amides is 1. The zero-order chi connectivity index (χ0) is 20.2. The molecule has 3 aromatic rings. The molecule has 1 saturated heterocycles. The standard InChI is InChI=1S/C23H24N4O2/c1-25-22(28)20-12-6-5-11-19(20)21(24-25)23(29)27-16-14-26(15-17-27)13-7-10-18-8-3-2-4-9-18/h2-12H,13-17H2,1H3/b10-7+. The molecule has 148 valence electrons. The minimum Gasteiger partial charge on any atom is -0.335 e. The summed E-state index contributed by atoms with van der Waals surface area (Å²) < 4.78 is 1.25. The summed E-state index contributed by atoms with van der Waals surface area (Å²) in [6.45, 7) is 3.79. The van der Waals surface area contributed by atoms with Crippen LogP contribution in [0.15, 0.2) is 65.5 Å². The van der Waals surface area contributed by atoms with Crippen LogP contribution in [-0.4, -0.2) is 58.2 Å².